The molecule has 1 N–H and O–H groups in total. The van der Waals surface area contributed by atoms with E-state index in [2.05, 4.69) is 5.32 Å². The number of sulfonamides is 1. The first-order valence-electron chi connectivity index (χ1n) is 6.42. The Morgan fingerprint density at radius 2 is 2.00 bits per heavy atom. The molecule has 0 bridgehead atoms. The quantitative estimate of drug-likeness (QED) is 0.904. The van der Waals surface area contributed by atoms with Gasteiger partial charge in [-0.05, 0) is 37.1 Å². The van der Waals surface area contributed by atoms with Crippen LogP contribution >= 0.6 is 0 Å². The normalized spacial score (nSPS) is 20.6. The molecule has 0 radical (unpaired) electrons. The van der Waals surface area contributed by atoms with Crippen molar-refractivity contribution in [3.8, 4) is 0 Å². The summed E-state index contributed by atoms with van der Waals surface area (Å²) in [5.41, 5.74) is 0. The maximum absolute atomic E-state index is 12.9. The van der Waals surface area contributed by atoms with Crippen molar-refractivity contribution in [3.63, 3.8) is 0 Å². The van der Waals surface area contributed by atoms with Gasteiger partial charge in [-0.15, -0.1) is 0 Å². The van der Waals surface area contributed by atoms with Crippen LogP contribution in [0.5, 0.6) is 0 Å². The molecule has 20 heavy (non-hydrogen) atoms. The van der Waals surface area contributed by atoms with Gasteiger partial charge in [0.25, 0.3) is 0 Å². The van der Waals surface area contributed by atoms with Gasteiger partial charge in [0.05, 0.1) is 10.8 Å². The minimum Gasteiger partial charge on any atom is -0.359 e. The molecule has 0 spiro atoms. The average Bonchev–Trinajstić information content (AvgIpc) is 2.47. The lowest BCUT2D eigenvalue weighted by Crippen LogP contribution is -2.44. The number of rotatable bonds is 3. The van der Waals surface area contributed by atoms with E-state index in [4.69, 9.17) is 0 Å². The predicted octanol–water partition coefficient (Wildman–Crippen LogP) is 0.972. The number of hydrogen-bond acceptors (Lipinski definition) is 3. The van der Waals surface area contributed by atoms with Crippen molar-refractivity contribution in [2.24, 2.45) is 5.92 Å². The summed E-state index contributed by atoms with van der Waals surface area (Å²) in [5, 5.41) is 2.54. The molecule has 0 saturated carbocycles. The lowest BCUT2D eigenvalue weighted by molar-refractivity contribution is -0.125. The van der Waals surface area contributed by atoms with Crippen molar-refractivity contribution in [1.29, 1.82) is 0 Å². The number of hydrogen-bond donors (Lipinski definition) is 1. The van der Waals surface area contributed by atoms with Gasteiger partial charge >= 0.3 is 0 Å². The molecule has 0 aliphatic carbocycles. The summed E-state index contributed by atoms with van der Waals surface area (Å²) < 4.78 is 39.0. The lowest BCUT2D eigenvalue weighted by Gasteiger charge is -2.30. The summed E-state index contributed by atoms with van der Waals surface area (Å²) in [5.74, 6) is -0.959. The van der Waals surface area contributed by atoms with Crippen LogP contribution in [0.25, 0.3) is 0 Å². The Hall–Kier alpha value is -1.47. The van der Waals surface area contributed by atoms with Gasteiger partial charge in [0.2, 0.25) is 15.9 Å². The molecule has 1 aliphatic heterocycles. The predicted molar refractivity (Wildman–Crippen MR) is 71.9 cm³/mol. The van der Waals surface area contributed by atoms with E-state index < -0.39 is 15.8 Å². The summed E-state index contributed by atoms with van der Waals surface area (Å²) in [7, 11) is -2.13. The minimum atomic E-state index is -3.67. The molecule has 1 heterocycles. The summed E-state index contributed by atoms with van der Waals surface area (Å²) >= 11 is 0. The summed E-state index contributed by atoms with van der Waals surface area (Å²) in [6, 6.07) is 4.72. The number of nitrogens with one attached hydrogen (secondary N) is 1. The van der Waals surface area contributed by atoms with E-state index in [1.165, 1.54) is 23.5 Å². The molecule has 1 aromatic rings. The second kappa shape index (κ2) is 5.88. The molecule has 0 aromatic heterocycles. The van der Waals surface area contributed by atoms with Crippen LogP contribution in [0, 0.1) is 11.7 Å². The van der Waals surface area contributed by atoms with Gasteiger partial charge in [0.15, 0.2) is 0 Å². The number of benzene rings is 1. The molecule has 2 rings (SSSR count). The molecule has 1 atom stereocenters. The van der Waals surface area contributed by atoms with Crippen molar-refractivity contribution in [1.82, 2.24) is 9.62 Å². The maximum Gasteiger partial charge on any atom is 0.243 e. The number of halogens is 1. The van der Waals surface area contributed by atoms with Gasteiger partial charge in [-0.25, -0.2) is 12.8 Å². The fraction of sp³-hybridized carbons (Fsp3) is 0.462. The van der Waals surface area contributed by atoms with Gasteiger partial charge < -0.3 is 5.32 Å². The van der Waals surface area contributed by atoms with E-state index in [9.17, 15) is 17.6 Å². The van der Waals surface area contributed by atoms with E-state index in [1.807, 2.05) is 0 Å². The van der Waals surface area contributed by atoms with Crippen LogP contribution in [0.15, 0.2) is 29.2 Å². The Morgan fingerprint density at radius 1 is 1.35 bits per heavy atom. The smallest absolute Gasteiger partial charge is 0.243 e. The monoisotopic (exact) mass is 300 g/mol. The van der Waals surface area contributed by atoms with E-state index in [1.54, 1.807) is 0 Å². The van der Waals surface area contributed by atoms with Crippen molar-refractivity contribution in [2.75, 3.05) is 20.1 Å². The molecule has 110 valence electrons. The van der Waals surface area contributed by atoms with Gasteiger partial charge in [-0.3, -0.25) is 4.79 Å². The fourth-order valence-corrected chi connectivity index (χ4v) is 3.86. The highest BCUT2D eigenvalue weighted by Gasteiger charge is 2.32. The molecular formula is C13H17FN2O3S. The molecule has 7 heteroatoms. The van der Waals surface area contributed by atoms with Crippen LogP contribution in [0.4, 0.5) is 4.39 Å². The number of carbonyl (C=O) groups is 1. The summed E-state index contributed by atoms with van der Waals surface area (Å²) in [6.07, 6.45) is 1.31. The number of nitrogens with zero attached hydrogens (tertiary/aromatic N) is 1. The average molecular weight is 300 g/mol. The van der Waals surface area contributed by atoms with Gasteiger partial charge in [-0.2, -0.15) is 4.31 Å². The topological polar surface area (TPSA) is 66.5 Å². The Bertz CT molecular complexity index is 586. The summed E-state index contributed by atoms with van der Waals surface area (Å²) in [6.45, 7) is 0.548. The Kier molecular flexibility index (Phi) is 4.39. The first-order chi connectivity index (χ1) is 9.45. The van der Waals surface area contributed by atoms with E-state index in [0.717, 1.165) is 12.1 Å². The zero-order chi connectivity index (χ0) is 14.8. The van der Waals surface area contributed by atoms with Crippen LogP contribution < -0.4 is 5.32 Å². The fourth-order valence-electron chi connectivity index (χ4n) is 2.33. The highest BCUT2D eigenvalue weighted by molar-refractivity contribution is 7.89. The van der Waals surface area contributed by atoms with E-state index in [0.29, 0.717) is 19.4 Å². The molecule has 1 unspecified atom stereocenters. The molecule has 1 aliphatic rings. The number of piperidine rings is 1. The first kappa shape index (κ1) is 14.9. The molecule has 1 fully saturated rings. The van der Waals surface area contributed by atoms with E-state index in [-0.39, 0.29) is 23.3 Å². The zero-order valence-electron chi connectivity index (χ0n) is 11.2. The van der Waals surface area contributed by atoms with Crippen LogP contribution in [0.2, 0.25) is 0 Å². The van der Waals surface area contributed by atoms with Crippen LogP contribution in [0.3, 0.4) is 0 Å². The Morgan fingerprint density at radius 3 is 2.60 bits per heavy atom. The molecule has 1 saturated heterocycles. The third kappa shape index (κ3) is 2.99. The van der Waals surface area contributed by atoms with Gasteiger partial charge in [0, 0.05) is 20.1 Å². The molecule has 1 amide bonds. The van der Waals surface area contributed by atoms with E-state index >= 15 is 0 Å². The van der Waals surface area contributed by atoms with Crippen LogP contribution in [0.1, 0.15) is 12.8 Å². The van der Waals surface area contributed by atoms with Gasteiger partial charge in [-0.1, -0.05) is 0 Å². The SMILES string of the molecule is CNC(=O)C1CCCN(S(=O)(=O)c2ccc(F)cc2)C1. The Labute approximate surface area is 117 Å². The lowest BCUT2D eigenvalue weighted by atomic mass is 9.99. The molecular weight excluding hydrogens is 283 g/mol. The maximum atomic E-state index is 12.9. The van der Waals surface area contributed by atoms with Crippen molar-refractivity contribution in [2.45, 2.75) is 17.7 Å². The number of amides is 1. The van der Waals surface area contributed by atoms with Crippen molar-refractivity contribution in [3.05, 3.63) is 30.1 Å². The van der Waals surface area contributed by atoms with Gasteiger partial charge in [0.1, 0.15) is 5.82 Å². The van der Waals surface area contributed by atoms with Crippen molar-refractivity contribution < 1.29 is 17.6 Å². The highest BCUT2D eigenvalue weighted by atomic mass is 32.2. The standard InChI is InChI=1S/C13H17FN2O3S/c1-15-13(17)10-3-2-8-16(9-10)20(18,19)12-6-4-11(14)5-7-12/h4-7,10H,2-3,8-9H2,1H3,(H,15,17). The largest absolute Gasteiger partial charge is 0.359 e. The third-order valence-corrected chi connectivity index (χ3v) is 5.33. The van der Waals surface area contributed by atoms with Crippen molar-refractivity contribution >= 4 is 15.9 Å². The number of carbonyl (C=O) groups excluding carboxylic acids is 1. The van der Waals surface area contributed by atoms with Crippen LogP contribution in [-0.2, 0) is 14.8 Å². The van der Waals surface area contributed by atoms with Crippen LogP contribution in [-0.4, -0.2) is 38.8 Å². The third-order valence-electron chi connectivity index (χ3n) is 3.45. The minimum absolute atomic E-state index is 0.0523. The molecule has 5 nitrogen and oxygen atoms in total. The zero-order valence-corrected chi connectivity index (χ0v) is 12.0. The summed E-state index contributed by atoms with van der Waals surface area (Å²) in [4.78, 5) is 11.7. The Balaban J connectivity index is 2.21. The highest BCUT2D eigenvalue weighted by Crippen LogP contribution is 2.23. The molecule has 1 aromatic carbocycles. The second-order valence-corrected chi connectivity index (χ2v) is 6.71. The second-order valence-electron chi connectivity index (χ2n) is 4.77. The first-order valence-corrected chi connectivity index (χ1v) is 7.86.